The van der Waals surface area contributed by atoms with Gasteiger partial charge in [0, 0.05) is 0 Å². The highest BCUT2D eigenvalue weighted by atomic mass is 127. The van der Waals surface area contributed by atoms with Crippen LogP contribution in [0.4, 0.5) is 0 Å². The lowest BCUT2D eigenvalue weighted by molar-refractivity contribution is -0.00000148. The zero-order chi connectivity index (χ0) is 0. The second-order valence-electron chi connectivity index (χ2n) is 0. The minimum absolute atomic E-state index is 0. The Morgan fingerprint density at radius 2 is 0.667 bits per heavy atom. The van der Waals surface area contributed by atoms with Crippen LogP contribution in [0.15, 0.2) is 0 Å². The molecule has 0 rings (SSSR count). The van der Waals surface area contributed by atoms with Gasteiger partial charge in [0.25, 0.3) is 0 Å². The van der Waals surface area contributed by atoms with E-state index < -0.39 is 0 Å². The highest BCUT2D eigenvalue weighted by Gasteiger charge is 0.235. The molecule has 0 aliphatic carbocycles. The molecule has 0 spiro atoms. The van der Waals surface area contributed by atoms with Gasteiger partial charge in [-0.15, -0.1) is 0 Å². The van der Waals surface area contributed by atoms with E-state index in [9.17, 15) is 0 Å². The lowest BCUT2D eigenvalue weighted by Crippen LogP contribution is -3.00. The van der Waals surface area contributed by atoms with Crippen molar-refractivity contribution < 1.29 is 24.0 Å². The summed E-state index contributed by atoms with van der Waals surface area (Å²) in [5.74, 6) is 0. The quantitative estimate of drug-likeness (QED) is 0.255. The molecule has 6 heavy (non-hydrogen) atoms. The number of halogens is 1. The average Bonchev–Trinajstić information content (AvgIpc) is 0. The van der Waals surface area contributed by atoms with Crippen molar-refractivity contribution in [1.82, 2.24) is 0 Å². The van der Waals surface area contributed by atoms with Crippen LogP contribution in [0.5, 0.6) is 0 Å². The molecule has 0 aromatic heterocycles. The Labute approximate surface area is 69.6 Å². The summed E-state index contributed by atoms with van der Waals surface area (Å²) in [6.07, 6.45) is 0. The van der Waals surface area contributed by atoms with Gasteiger partial charge in [0.15, 0.2) is 0 Å². The smallest absolute Gasteiger partial charge is 0.153 e. The summed E-state index contributed by atoms with van der Waals surface area (Å²) >= 11 is 0. The molecule has 48 valence electrons. The van der Waals surface area contributed by atoms with E-state index in [4.69, 9.17) is 0 Å². The summed E-state index contributed by atoms with van der Waals surface area (Å²) < 4.78 is 0. The number of hydrogen-bond acceptors (Lipinski definition) is 0. The molecule has 0 radical (unpaired) electrons. The second kappa shape index (κ2) is 86.7. The fourth-order valence-corrected chi connectivity index (χ4v) is 0. The average molecular weight is 246 g/mol. The van der Waals surface area contributed by atoms with E-state index in [-0.39, 0.29) is 69.7 Å². The lowest BCUT2D eigenvalue weighted by atomic mass is 12.0. The van der Waals surface area contributed by atoms with E-state index in [0.717, 1.165) is 0 Å². The summed E-state index contributed by atoms with van der Waals surface area (Å²) in [5, 5.41) is 0. The first-order valence-electron chi connectivity index (χ1n) is 0. The maximum atomic E-state index is 0. The van der Waals surface area contributed by atoms with E-state index in [0.29, 0.717) is 0 Å². The van der Waals surface area contributed by atoms with Gasteiger partial charge in [-0.25, -0.2) is 0 Å². The van der Waals surface area contributed by atoms with E-state index in [1.807, 2.05) is 0 Å². The molecule has 0 aromatic carbocycles. The molecule has 0 fully saturated rings. The highest BCUT2D eigenvalue weighted by molar-refractivity contribution is 7.37. The Bertz CT molecular complexity index is 10.8. The first kappa shape index (κ1) is 140. The third-order valence-corrected chi connectivity index (χ3v) is 0. The van der Waals surface area contributed by atoms with Crippen LogP contribution in [0.1, 0.15) is 22.3 Å². The van der Waals surface area contributed by atoms with Crippen molar-refractivity contribution in [2.24, 2.45) is 0 Å². The van der Waals surface area contributed by atoms with Crippen LogP contribution in [-0.2, 0) is 13.5 Å². The molecule has 0 aromatic rings. The third-order valence-electron chi connectivity index (χ3n) is 0. The van der Waals surface area contributed by atoms with E-state index in [2.05, 4.69) is 0 Å². The summed E-state index contributed by atoms with van der Waals surface area (Å²) in [5.41, 5.74) is 0. The van der Waals surface area contributed by atoms with Crippen molar-refractivity contribution in [2.45, 2.75) is 22.3 Å². The molecule has 0 bridgehead atoms. The molecule has 0 saturated carbocycles. The molecule has 1 unspecified atom stereocenters. The summed E-state index contributed by atoms with van der Waals surface area (Å²) in [6, 6.07) is 0. The van der Waals surface area contributed by atoms with Crippen molar-refractivity contribution in [3.05, 3.63) is 0 Å². The van der Waals surface area contributed by atoms with Gasteiger partial charge in [0.2, 0.25) is 24.0 Å². The number of hydrogen-bond donors (Lipinski definition) is 0. The van der Waals surface area contributed by atoms with Crippen molar-refractivity contribution in [2.75, 3.05) is 0 Å². The Kier molecular flexibility index (Phi) is 2020. The number of rotatable bonds is 0. The maximum Gasteiger partial charge on any atom is 0.235 e. The Hall–Kier alpha value is 1.51. The molecule has 0 heterocycles. The predicted octanol–water partition coefficient (Wildman–Crippen LogP) is -2.37. The Morgan fingerprint density at radius 3 is 0.667 bits per heavy atom. The van der Waals surface area contributed by atoms with Crippen LogP contribution in [-0.4, -0.2) is 0 Å². The molecular formula is C3H20IPS+2. The van der Waals surface area contributed by atoms with Gasteiger partial charge in [-0.3, -0.25) is 0 Å². The monoisotopic (exact) mass is 246 g/mol. The van der Waals surface area contributed by atoms with Gasteiger partial charge in [-0.1, -0.05) is 35.8 Å². The normalized spacial score (nSPS) is 0. The van der Waals surface area contributed by atoms with Crippen LogP contribution >= 0.6 is 9.90 Å². The first-order chi connectivity index (χ1) is 0. The molecular weight excluding hydrogens is 226 g/mol. The highest BCUT2D eigenvalue weighted by Crippen LogP contribution is 0.861. The second-order valence-corrected chi connectivity index (χ2v) is 0. The fraction of sp³-hybridized carbons (Fsp3) is 1.00. The van der Waals surface area contributed by atoms with Crippen LogP contribution in [0.3, 0.4) is 0 Å². The van der Waals surface area contributed by atoms with Crippen LogP contribution < -0.4 is 24.0 Å². The lowest BCUT2D eigenvalue weighted by Gasteiger charge is -0.153. The minimum atomic E-state index is 0. The van der Waals surface area contributed by atoms with Gasteiger partial charge >= 0.3 is 0 Å². The maximum absolute atomic E-state index is 0. The molecule has 1 atom stereocenters. The van der Waals surface area contributed by atoms with Gasteiger partial charge in [0.1, 0.15) is 0 Å². The molecule has 0 aliphatic heterocycles. The van der Waals surface area contributed by atoms with Gasteiger partial charge in [-0.05, 0) is 0 Å². The topological polar surface area (TPSA) is 0 Å². The molecule has 0 aliphatic rings. The van der Waals surface area contributed by atoms with Gasteiger partial charge in [0.05, 0.1) is 0 Å². The molecule has 0 amide bonds. The Balaban J connectivity index is 0. The van der Waals surface area contributed by atoms with Gasteiger partial charge < -0.3 is 0 Å². The zero-order valence-electron chi connectivity index (χ0n) is 1.73. The van der Waals surface area contributed by atoms with Gasteiger partial charge in [-0.2, -0.15) is 9.90 Å². The van der Waals surface area contributed by atoms with Crippen molar-refractivity contribution in [1.29, 1.82) is 0 Å². The van der Waals surface area contributed by atoms with Crippen LogP contribution in [0.25, 0.3) is 0 Å². The predicted molar refractivity (Wildman–Crippen MR) is 45.6 cm³/mol. The first-order valence-corrected chi connectivity index (χ1v) is 0. The fourth-order valence-electron chi connectivity index (χ4n) is 0. The Morgan fingerprint density at radius 1 is 0.667 bits per heavy atom. The molecule has 0 N–H and O–H groups in total. The van der Waals surface area contributed by atoms with Crippen molar-refractivity contribution in [3.8, 4) is 0 Å². The standard InChI is InChI=1S/3CH4.H2I.H3P.H2S/h3*1H4;1H2;1H3;1H2/q;;;+1;;/p+1. The summed E-state index contributed by atoms with van der Waals surface area (Å²) in [7, 11) is 0. The van der Waals surface area contributed by atoms with E-state index in [1.165, 1.54) is 0 Å². The molecule has 0 saturated heterocycles. The minimum Gasteiger partial charge on any atom is -0.153 e. The largest absolute Gasteiger partial charge is 0.235 e. The van der Waals surface area contributed by atoms with E-state index in [1.54, 1.807) is 0 Å². The zero-order valence-corrected chi connectivity index (χ0v) is 6.85. The molecule has 0 nitrogen and oxygen atoms in total. The molecule has 3 heteroatoms. The third kappa shape index (κ3) is 49.2. The van der Waals surface area contributed by atoms with Crippen LogP contribution in [0.2, 0.25) is 0 Å². The summed E-state index contributed by atoms with van der Waals surface area (Å²) in [6.45, 7) is 0. The van der Waals surface area contributed by atoms with E-state index >= 15 is 0 Å². The van der Waals surface area contributed by atoms with Crippen LogP contribution in [0, 0.1) is 0 Å². The summed E-state index contributed by atoms with van der Waals surface area (Å²) in [4.78, 5) is 0. The van der Waals surface area contributed by atoms with Crippen molar-refractivity contribution in [3.63, 3.8) is 0 Å². The van der Waals surface area contributed by atoms with Crippen molar-refractivity contribution >= 4 is 23.4 Å². The SMILES string of the molecule is C.C.C.P.[IH2+].[SH3+].